The van der Waals surface area contributed by atoms with E-state index >= 15 is 0 Å². The monoisotopic (exact) mass is 522 g/mol. The van der Waals surface area contributed by atoms with E-state index in [1.165, 1.54) is 45.6 Å². The first-order valence-electron chi connectivity index (χ1n) is 9.57. The van der Waals surface area contributed by atoms with Crippen molar-refractivity contribution >= 4 is 50.4 Å². The summed E-state index contributed by atoms with van der Waals surface area (Å²) in [7, 11) is 4.36. The molecule has 0 saturated heterocycles. The quantitative estimate of drug-likeness (QED) is 0.148. The molecule has 0 saturated carbocycles. The lowest BCUT2D eigenvalue weighted by Crippen LogP contribution is -2.37. The lowest BCUT2D eigenvalue weighted by molar-refractivity contribution is 0.278. The molecule has 4 aromatic rings. The summed E-state index contributed by atoms with van der Waals surface area (Å²) in [6.45, 7) is -0.129. The van der Waals surface area contributed by atoms with Gasteiger partial charge in [0, 0.05) is 33.9 Å². The van der Waals surface area contributed by atoms with Crippen LogP contribution in [0.3, 0.4) is 0 Å². The number of halogens is 1. The van der Waals surface area contributed by atoms with Crippen LogP contribution in [0.5, 0.6) is 0 Å². The first kappa shape index (κ1) is 22.4. The number of aromatic amines is 1. The molecule has 0 amide bonds. The van der Waals surface area contributed by atoms with Crippen molar-refractivity contribution in [1.82, 2.24) is 37.8 Å². The molecule has 16 heteroatoms. The molecular formula is C17H19BrN10O5. The number of nitrogens with one attached hydrogen (secondary N) is 2. The molecule has 0 radical (unpaired) electrons. The van der Waals surface area contributed by atoms with Crippen molar-refractivity contribution < 1.29 is 5.11 Å². The molecule has 0 spiro atoms. The van der Waals surface area contributed by atoms with Crippen molar-refractivity contribution in [3.8, 4) is 0 Å². The molecule has 3 N–H and O–H groups in total. The van der Waals surface area contributed by atoms with Crippen LogP contribution in [0.1, 0.15) is 0 Å². The molecule has 0 unspecified atom stereocenters. The average Bonchev–Trinajstić information content (AvgIpc) is 3.31. The number of aromatic nitrogens is 8. The third kappa shape index (κ3) is 3.52. The minimum atomic E-state index is -0.638. The Labute approximate surface area is 191 Å². The van der Waals surface area contributed by atoms with Crippen molar-refractivity contribution in [2.24, 2.45) is 26.2 Å². The molecule has 0 aliphatic heterocycles. The SMILES string of the molecule is Cn1c(=O)c2c(nc(Br)n2CC=NNc2nc3c(c(=O)[nH]c(=O)n3C)n2CCO)n(C)c1=O. The number of anilines is 1. The molecule has 0 atom stereocenters. The van der Waals surface area contributed by atoms with E-state index in [0.29, 0.717) is 4.73 Å². The van der Waals surface area contributed by atoms with E-state index in [9.17, 15) is 24.3 Å². The molecule has 0 aliphatic carbocycles. The number of imidazole rings is 2. The van der Waals surface area contributed by atoms with Crippen molar-refractivity contribution in [2.45, 2.75) is 13.1 Å². The number of nitrogens with zero attached hydrogens (tertiary/aromatic N) is 8. The second-order valence-electron chi connectivity index (χ2n) is 7.09. The van der Waals surface area contributed by atoms with Crippen molar-refractivity contribution in [3.63, 3.8) is 0 Å². The van der Waals surface area contributed by atoms with E-state index < -0.39 is 22.5 Å². The topological polar surface area (TPSA) is 179 Å². The van der Waals surface area contributed by atoms with Gasteiger partial charge in [-0.15, -0.1) is 0 Å². The fraction of sp³-hybridized carbons (Fsp3) is 0.353. The first-order valence-corrected chi connectivity index (χ1v) is 10.4. The van der Waals surface area contributed by atoms with Gasteiger partial charge in [-0.25, -0.2) is 20.0 Å². The molecule has 0 bridgehead atoms. The zero-order valence-electron chi connectivity index (χ0n) is 17.7. The second kappa shape index (κ2) is 8.28. The highest BCUT2D eigenvalue weighted by molar-refractivity contribution is 9.10. The molecule has 4 rings (SSSR count). The molecule has 0 fully saturated rings. The highest BCUT2D eigenvalue weighted by atomic mass is 79.9. The van der Waals surface area contributed by atoms with E-state index in [2.05, 4.69) is 41.4 Å². The van der Waals surface area contributed by atoms with Crippen LogP contribution in [0.2, 0.25) is 0 Å². The number of hydrogen-bond acceptors (Lipinski definition) is 9. The third-order valence-corrected chi connectivity index (χ3v) is 5.76. The van der Waals surface area contributed by atoms with Crippen LogP contribution in [0.4, 0.5) is 5.95 Å². The molecule has 4 aromatic heterocycles. The number of fused-ring (bicyclic) bond motifs is 2. The Morgan fingerprint density at radius 3 is 2.42 bits per heavy atom. The van der Waals surface area contributed by atoms with Gasteiger partial charge in [-0.05, 0) is 15.9 Å². The Hall–Kier alpha value is -3.79. The summed E-state index contributed by atoms with van der Waals surface area (Å²) in [5.74, 6) is 0.134. The molecule has 174 valence electrons. The van der Waals surface area contributed by atoms with Gasteiger partial charge in [-0.2, -0.15) is 10.1 Å². The number of hydrazone groups is 1. The van der Waals surface area contributed by atoms with Crippen LogP contribution in [-0.2, 0) is 34.2 Å². The summed E-state index contributed by atoms with van der Waals surface area (Å²) in [5.41, 5.74) is 1.11. The second-order valence-corrected chi connectivity index (χ2v) is 7.80. The Morgan fingerprint density at radius 1 is 1.03 bits per heavy atom. The van der Waals surface area contributed by atoms with Gasteiger partial charge < -0.3 is 14.2 Å². The van der Waals surface area contributed by atoms with Crippen LogP contribution >= 0.6 is 15.9 Å². The van der Waals surface area contributed by atoms with Gasteiger partial charge in [0.1, 0.15) is 0 Å². The summed E-state index contributed by atoms with van der Waals surface area (Å²) in [6.07, 6.45) is 1.43. The standard InChI is InChI=1S/C17H19BrN10O5/c1-24-10-8(12(30)22-16(24)32)28(6-7-29)15(21-10)23-19-4-5-27-9-11(20-14(27)18)25(2)17(33)26(3)13(9)31/h4,29H,5-7H2,1-3H3,(H,21,23)(H,22,30,32). The van der Waals surface area contributed by atoms with Gasteiger partial charge >= 0.3 is 11.4 Å². The Kier molecular flexibility index (Phi) is 5.62. The number of H-pyrrole nitrogens is 1. The van der Waals surface area contributed by atoms with Gasteiger partial charge in [0.25, 0.3) is 11.1 Å². The van der Waals surface area contributed by atoms with E-state index in [1.54, 1.807) is 0 Å². The summed E-state index contributed by atoms with van der Waals surface area (Å²) in [4.78, 5) is 59.5. The van der Waals surface area contributed by atoms with Crippen LogP contribution in [0.25, 0.3) is 22.3 Å². The van der Waals surface area contributed by atoms with Gasteiger partial charge in [0.15, 0.2) is 27.1 Å². The first-order chi connectivity index (χ1) is 15.7. The van der Waals surface area contributed by atoms with Crippen molar-refractivity contribution in [3.05, 3.63) is 46.4 Å². The van der Waals surface area contributed by atoms with Crippen LogP contribution in [-0.4, -0.2) is 55.7 Å². The highest BCUT2D eigenvalue weighted by Gasteiger charge is 2.18. The lowest BCUT2D eigenvalue weighted by Gasteiger charge is -2.06. The van der Waals surface area contributed by atoms with E-state index in [1.807, 2.05) is 0 Å². The largest absolute Gasteiger partial charge is 0.395 e. The van der Waals surface area contributed by atoms with Crippen LogP contribution < -0.4 is 27.9 Å². The van der Waals surface area contributed by atoms with E-state index in [-0.39, 0.29) is 48.0 Å². The molecule has 4 heterocycles. The third-order valence-electron chi connectivity index (χ3n) is 5.15. The zero-order valence-corrected chi connectivity index (χ0v) is 19.3. The van der Waals surface area contributed by atoms with Gasteiger partial charge in [0.2, 0.25) is 5.95 Å². The number of aliphatic hydroxyl groups excluding tert-OH is 1. The minimum absolute atomic E-state index is 0.0391. The van der Waals surface area contributed by atoms with E-state index in [4.69, 9.17) is 0 Å². The zero-order chi connectivity index (χ0) is 24.0. The highest BCUT2D eigenvalue weighted by Crippen LogP contribution is 2.16. The van der Waals surface area contributed by atoms with Gasteiger partial charge in [-0.1, -0.05) is 0 Å². The summed E-state index contributed by atoms with van der Waals surface area (Å²) in [5, 5.41) is 13.5. The average molecular weight is 523 g/mol. The Balaban J connectivity index is 1.70. The fourth-order valence-corrected chi connectivity index (χ4v) is 3.94. The number of hydrogen-bond donors (Lipinski definition) is 3. The maximum Gasteiger partial charge on any atom is 0.332 e. The maximum absolute atomic E-state index is 12.6. The predicted molar refractivity (Wildman–Crippen MR) is 123 cm³/mol. The molecule has 0 aliphatic rings. The van der Waals surface area contributed by atoms with E-state index in [0.717, 1.165) is 4.57 Å². The smallest absolute Gasteiger partial charge is 0.332 e. The molecule has 33 heavy (non-hydrogen) atoms. The molecule has 15 nitrogen and oxygen atoms in total. The lowest BCUT2D eigenvalue weighted by atomic mass is 10.5. The van der Waals surface area contributed by atoms with Gasteiger partial charge in [-0.3, -0.25) is 28.3 Å². The van der Waals surface area contributed by atoms with Crippen molar-refractivity contribution in [2.75, 3.05) is 12.0 Å². The number of rotatable bonds is 6. The Morgan fingerprint density at radius 2 is 1.73 bits per heavy atom. The van der Waals surface area contributed by atoms with Crippen LogP contribution in [0, 0.1) is 0 Å². The Bertz CT molecular complexity index is 1660. The molecular weight excluding hydrogens is 504 g/mol. The minimum Gasteiger partial charge on any atom is -0.395 e. The maximum atomic E-state index is 12.6. The number of aliphatic hydroxyl groups is 1. The van der Waals surface area contributed by atoms with Gasteiger partial charge in [0.05, 0.1) is 13.2 Å². The molecule has 0 aromatic carbocycles. The summed E-state index contributed by atoms with van der Waals surface area (Å²) < 4.78 is 6.70. The fourth-order valence-electron chi connectivity index (χ4n) is 3.45. The van der Waals surface area contributed by atoms with Crippen LogP contribution in [0.15, 0.2) is 29.0 Å². The van der Waals surface area contributed by atoms with Crippen molar-refractivity contribution in [1.29, 1.82) is 0 Å². The number of aryl methyl sites for hydroxylation is 2. The normalized spacial score (nSPS) is 11.9. The predicted octanol–water partition coefficient (Wildman–Crippen LogP) is -1.98. The summed E-state index contributed by atoms with van der Waals surface area (Å²) >= 11 is 3.29. The summed E-state index contributed by atoms with van der Waals surface area (Å²) in [6, 6.07) is 0.